The van der Waals surface area contributed by atoms with E-state index in [-0.39, 0.29) is 0 Å². The Morgan fingerprint density at radius 3 is 3.00 bits per heavy atom. The van der Waals surface area contributed by atoms with Crippen molar-refractivity contribution in [3.63, 3.8) is 0 Å². The molecule has 0 aromatic carbocycles. The second-order valence-corrected chi connectivity index (χ2v) is 3.58. The Kier molecular flexibility index (Phi) is 1.89. The third-order valence-electron chi connectivity index (χ3n) is 2.23. The summed E-state index contributed by atoms with van der Waals surface area (Å²) in [5.41, 5.74) is 0.774. The summed E-state index contributed by atoms with van der Waals surface area (Å²) < 4.78 is 1.93. The quantitative estimate of drug-likeness (QED) is 0.736. The van der Waals surface area contributed by atoms with Crippen molar-refractivity contribution in [1.29, 1.82) is 0 Å². The Morgan fingerprint density at radius 2 is 2.50 bits per heavy atom. The van der Waals surface area contributed by atoms with Crippen molar-refractivity contribution in [3.8, 4) is 0 Å². The Morgan fingerprint density at radius 1 is 1.75 bits per heavy atom. The lowest BCUT2D eigenvalue weighted by molar-refractivity contribution is 0.193. The highest BCUT2D eigenvalue weighted by molar-refractivity contribution is 5.01. The lowest BCUT2D eigenvalue weighted by Gasteiger charge is -1.99. The molecular weight excluding hydrogens is 152 g/mol. The van der Waals surface area contributed by atoms with Gasteiger partial charge in [-0.1, -0.05) is 0 Å². The van der Waals surface area contributed by atoms with E-state index in [0.717, 1.165) is 18.2 Å². The fourth-order valence-corrected chi connectivity index (χ4v) is 1.27. The third-order valence-corrected chi connectivity index (χ3v) is 2.23. The van der Waals surface area contributed by atoms with Gasteiger partial charge in [-0.2, -0.15) is 5.10 Å². The molecule has 0 bridgehead atoms. The summed E-state index contributed by atoms with van der Waals surface area (Å²) in [6.45, 7) is 2.76. The standard InChI is InChI=1S/C9H14N2O/c1-7(12)9-4-5-11(10-9)6-8-2-3-8/h4-5,7-8,12H,2-3,6H2,1H3. The summed E-state index contributed by atoms with van der Waals surface area (Å²) >= 11 is 0. The molecule has 1 unspecified atom stereocenters. The van der Waals surface area contributed by atoms with Crippen LogP contribution in [0.15, 0.2) is 12.3 Å². The van der Waals surface area contributed by atoms with Gasteiger partial charge < -0.3 is 5.11 Å². The first-order chi connectivity index (χ1) is 5.75. The minimum Gasteiger partial charge on any atom is -0.387 e. The summed E-state index contributed by atoms with van der Waals surface area (Å²) in [6, 6.07) is 1.88. The monoisotopic (exact) mass is 166 g/mol. The zero-order valence-corrected chi connectivity index (χ0v) is 7.27. The SMILES string of the molecule is CC(O)c1ccn(CC2CC2)n1. The number of aliphatic hydroxyl groups excluding tert-OH is 1. The van der Waals surface area contributed by atoms with Crippen LogP contribution in [-0.2, 0) is 6.54 Å². The molecule has 3 heteroatoms. The average molecular weight is 166 g/mol. The van der Waals surface area contributed by atoms with Gasteiger partial charge in [-0.05, 0) is 31.7 Å². The molecular formula is C9H14N2O. The molecule has 0 saturated heterocycles. The van der Waals surface area contributed by atoms with Crippen molar-refractivity contribution in [3.05, 3.63) is 18.0 Å². The third kappa shape index (κ3) is 1.67. The Labute approximate surface area is 72.0 Å². The first-order valence-electron chi connectivity index (χ1n) is 4.47. The van der Waals surface area contributed by atoms with Gasteiger partial charge in [0.1, 0.15) is 0 Å². The maximum absolute atomic E-state index is 9.21. The number of aliphatic hydroxyl groups is 1. The Hall–Kier alpha value is -0.830. The van der Waals surface area contributed by atoms with Crippen molar-refractivity contribution in [2.24, 2.45) is 5.92 Å². The van der Waals surface area contributed by atoms with Crippen LogP contribution in [0.5, 0.6) is 0 Å². The zero-order valence-electron chi connectivity index (χ0n) is 7.27. The van der Waals surface area contributed by atoms with Crippen molar-refractivity contribution < 1.29 is 5.11 Å². The molecule has 2 rings (SSSR count). The van der Waals surface area contributed by atoms with Crippen LogP contribution in [-0.4, -0.2) is 14.9 Å². The summed E-state index contributed by atoms with van der Waals surface area (Å²) in [5.74, 6) is 0.840. The Bertz CT molecular complexity index is 263. The van der Waals surface area contributed by atoms with E-state index in [1.54, 1.807) is 6.92 Å². The molecule has 1 aliphatic rings. The van der Waals surface area contributed by atoms with E-state index in [9.17, 15) is 5.11 Å². The fraction of sp³-hybridized carbons (Fsp3) is 0.667. The highest BCUT2D eigenvalue weighted by atomic mass is 16.3. The van der Waals surface area contributed by atoms with Crippen LogP contribution in [0.3, 0.4) is 0 Å². The maximum atomic E-state index is 9.21. The van der Waals surface area contributed by atoms with E-state index in [4.69, 9.17) is 0 Å². The molecule has 1 N–H and O–H groups in total. The molecule has 0 amide bonds. The topological polar surface area (TPSA) is 38.0 Å². The number of hydrogen-bond acceptors (Lipinski definition) is 2. The van der Waals surface area contributed by atoms with E-state index in [1.807, 2.05) is 16.9 Å². The summed E-state index contributed by atoms with van der Waals surface area (Å²) in [4.78, 5) is 0. The van der Waals surface area contributed by atoms with Gasteiger partial charge in [-0.25, -0.2) is 0 Å². The highest BCUT2D eigenvalue weighted by Crippen LogP contribution is 2.30. The molecule has 1 saturated carbocycles. The van der Waals surface area contributed by atoms with Gasteiger partial charge in [0, 0.05) is 12.7 Å². The molecule has 12 heavy (non-hydrogen) atoms. The molecule has 66 valence electrons. The summed E-state index contributed by atoms with van der Waals surface area (Å²) in [5, 5.41) is 13.5. The molecule has 1 heterocycles. The predicted molar refractivity (Wildman–Crippen MR) is 45.6 cm³/mol. The van der Waals surface area contributed by atoms with Gasteiger partial charge in [0.25, 0.3) is 0 Å². The predicted octanol–water partition coefficient (Wildman–Crippen LogP) is 1.35. The van der Waals surface area contributed by atoms with Crippen LogP contribution in [0, 0.1) is 5.92 Å². The molecule has 1 aromatic heterocycles. The molecule has 0 aliphatic heterocycles. The largest absolute Gasteiger partial charge is 0.387 e. The number of nitrogens with zero attached hydrogens (tertiary/aromatic N) is 2. The minimum atomic E-state index is -0.439. The van der Waals surface area contributed by atoms with Crippen LogP contribution in [0.2, 0.25) is 0 Å². The second-order valence-electron chi connectivity index (χ2n) is 3.58. The molecule has 1 aliphatic carbocycles. The molecule has 1 fully saturated rings. The van der Waals surface area contributed by atoms with E-state index in [1.165, 1.54) is 12.8 Å². The van der Waals surface area contributed by atoms with E-state index < -0.39 is 6.10 Å². The van der Waals surface area contributed by atoms with Crippen LogP contribution < -0.4 is 0 Å². The van der Waals surface area contributed by atoms with Crippen molar-refractivity contribution in [2.45, 2.75) is 32.4 Å². The maximum Gasteiger partial charge on any atom is 0.0950 e. The summed E-state index contributed by atoms with van der Waals surface area (Å²) in [6.07, 6.45) is 4.18. The van der Waals surface area contributed by atoms with E-state index in [2.05, 4.69) is 5.10 Å². The van der Waals surface area contributed by atoms with Crippen LogP contribution in [0.25, 0.3) is 0 Å². The molecule has 1 aromatic rings. The first kappa shape index (κ1) is 7.80. The number of hydrogen-bond donors (Lipinski definition) is 1. The fourth-order valence-electron chi connectivity index (χ4n) is 1.27. The minimum absolute atomic E-state index is 0.439. The summed E-state index contributed by atoms with van der Waals surface area (Å²) in [7, 11) is 0. The Balaban J connectivity index is 2.02. The number of aromatic nitrogens is 2. The van der Waals surface area contributed by atoms with Crippen LogP contribution >= 0.6 is 0 Å². The van der Waals surface area contributed by atoms with Gasteiger partial charge in [0.2, 0.25) is 0 Å². The molecule has 3 nitrogen and oxygen atoms in total. The highest BCUT2D eigenvalue weighted by Gasteiger charge is 2.22. The number of rotatable bonds is 3. The van der Waals surface area contributed by atoms with Gasteiger partial charge in [0.15, 0.2) is 0 Å². The first-order valence-corrected chi connectivity index (χ1v) is 4.47. The molecule has 0 spiro atoms. The lowest BCUT2D eigenvalue weighted by atomic mass is 10.3. The normalized spacial score (nSPS) is 19.5. The van der Waals surface area contributed by atoms with Crippen molar-refractivity contribution in [2.75, 3.05) is 0 Å². The average Bonchev–Trinajstić information content (AvgIpc) is 2.66. The van der Waals surface area contributed by atoms with Crippen molar-refractivity contribution in [1.82, 2.24) is 9.78 Å². The lowest BCUT2D eigenvalue weighted by Crippen LogP contribution is -2.02. The smallest absolute Gasteiger partial charge is 0.0950 e. The van der Waals surface area contributed by atoms with Crippen LogP contribution in [0.4, 0.5) is 0 Å². The molecule has 1 atom stereocenters. The van der Waals surface area contributed by atoms with Gasteiger partial charge in [-0.15, -0.1) is 0 Å². The van der Waals surface area contributed by atoms with Crippen LogP contribution in [0.1, 0.15) is 31.6 Å². The van der Waals surface area contributed by atoms with Gasteiger partial charge in [0.05, 0.1) is 11.8 Å². The van der Waals surface area contributed by atoms with E-state index in [0.29, 0.717) is 0 Å². The van der Waals surface area contributed by atoms with Gasteiger partial charge >= 0.3 is 0 Å². The zero-order chi connectivity index (χ0) is 8.55. The van der Waals surface area contributed by atoms with Gasteiger partial charge in [-0.3, -0.25) is 4.68 Å². The second kappa shape index (κ2) is 2.90. The molecule has 0 radical (unpaired) electrons. The van der Waals surface area contributed by atoms with Crippen molar-refractivity contribution >= 4 is 0 Å². The van der Waals surface area contributed by atoms with E-state index >= 15 is 0 Å².